The van der Waals surface area contributed by atoms with Crippen LogP contribution in [0.3, 0.4) is 0 Å². The van der Waals surface area contributed by atoms with Crippen molar-refractivity contribution in [3.05, 3.63) is 54.1 Å². The van der Waals surface area contributed by atoms with Crippen LogP contribution in [-0.4, -0.2) is 38.7 Å². The SMILES string of the molecule is CCCn1cnc(CC(CCCCN(Cc2ccccc2)C(=O)OC(C)(C)C)C(=O)[O-])c1.[Na+]. The van der Waals surface area contributed by atoms with E-state index in [-0.39, 0.29) is 35.7 Å². The fourth-order valence-corrected chi connectivity index (χ4v) is 3.51. The molecule has 33 heavy (non-hydrogen) atoms. The minimum atomic E-state index is -1.05. The minimum Gasteiger partial charge on any atom is -0.550 e. The molecule has 1 amide bonds. The summed E-state index contributed by atoms with van der Waals surface area (Å²) in [5.41, 5.74) is 1.22. The number of aryl methyl sites for hydroxylation is 1. The molecule has 7 nitrogen and oxygen atoms in total. The number of hydrogen-bond acceptors (Lipinski definition) is 5. The van der Waals surface area contributed by atoms with Gasteiger partial charge in [0.1, 0.15) is 5.60 Å². The molecule has 0 aliphatic rings. The van der Waals surface area contributed by atoms with E-state index in [1.807, 2.05) is 61.9 Å². The Hall–Kier alpha value is -1.83. The van der Waals surface area contributed by atoms with Crippen molar-refractivity contribution in [3.8, 4) is 0 Å². The van der Waals surface area contributed by atoms with E-state index in [1.165, 1.54) is 0 Å². The summed E-state index contributed by atoms with van der Waals surface area (Å²) in [4.78, 5) is 30.3. The first kappa shape index (κ1) is 29.2. The van der Waals surface area contributed by atoms with E-state index >= 15 is 0 Å². The predicted molar refractivity (Wildman–Crippen MR) is 122 cm³/mol. The van der Waals surface area contributed by atoms with Crippen LogP contribution in [0.4, 0.5) is 4.79 Å². The molecular formula is C25H36N3NaO4. The Morgan fingerprint density at radius 2 is 1.88 bits per heavy atom. The molecule has 0 bridgehead atoms. The van der Waals surface area contributed by atoms with Gasteiger partial charge in [0.15, 0.2) is 0 Å². The molecule has 0 saturated carbocycles. The summed E-state index contributed by atoms with van der Waals surface area (Å²) in [6.07, 6.45) is 6.48. The van der Waals surface area contributed by atoms with Crippen molar-refractivity contribution in [2.24, 2.45) is 5.92 Å². The van der Waals surface area contributed by atoms with Gasteiger partial charge in [-0.1, -0.05) is 43.7 Å². The van der Waals surface area contributed by atoms with Crippen molar-refractivity contribution < 1.29 is 49.0 Å². The molecule has 8 heteroatoms. The van der Waals surface area contributed by atoms with Gasteiger partial charge in [0.05, 0.1) is 12.0 Å². The molecule has 0 radical (unpaired) electrons. The van der Waals surface area contributed by atoms with Crippen molar-refractivity contribution in [1.29, 1.82) is 0 Å². The number of carboxylic acids is 1. The molecule has 0 fully saturated rings. The number of unbranched alkanes of at least 4 members (excludes halogenated alkanes) is 1. The van der Waals surface area contributed by atoms with Crippen molar-refractivity contribution in [2.45, 2.75) is 78.5 Å². The zero-order valence-corrected chi connectivity index (χ0v) is 22.8. The van der Waals surface area contributed by atoms with Gasteiger partial charge in [-0.05, 0) is 52.0 Å². The first-order valence-electron chi connectivity index (χ1n) is 11.4. The van der Waals surface area contributed by atoms with Crippen LogP contribution in [0.25, 0.3) is 0 Å². The van der Waals surface area contributed by atoms with Crippen molar-refractivity contribution in [1.82, 2.24) is 14.5 Å². The standard InChI is InChI=1S/C25H37N3O4.Na/c1-5-14-27-18-22(26-19-27)16-21(23(29)30)13-9-10-15-28(24(31)32-25(2,3)4)17-20-11-7-6-8-12-20;/h6-8,11-12,18-19,21H,5,9-10,13-17H2,1-4H3,(H,29,30);/q;+1/p-1. The zero-order chi connectivity index (χ0) is 23.6. The minimum absolute atomic E-state index is 0. The fraction of sp³-hybridized carbons (Fsp3) is 0.560. The van der Waals surface area contributed by atoms with Gasteiger partial charge in [0.2, 0.25) is 0 Å². The topological polar surface area (TPSA) is 87.5 Å². The third kappa shape index (κ3) is 11.2. The van der Waals surface area contributed by atoms with Gasteiger partial charge in [-0.25, -0.2) is 9.78 Å². The maximum Gasteiger partial charge on any atom is 1.00 e. The van der Waals surface area contributed by atoms with E-state index in [1.54, 1.807) is 11.2 Å². The molecule has 1 aromatic heterocycles. The summed E-state index contributed by atoms with van der Waals surface area (Å²) in [6.45, 7) is 9.43. The van der Waals surface area contributed by atoms with Crippen LogP contribution < -0.4 is 34.7 Å². The van der Waals surface area contributed by atoms with Gasteiger partial charge in [-0.3, -0.25) is 0 Å². The number of amides is 1. The largest absolute Gasteiger partial charge is 1.00 e. The molecule has 0 N–H and O–H groups in total. The van der Waals surface area contributed by atoms with Crippen LogP contribution in [0, 0.1) is 5.92 Å². The molecular weight excluding hydrogens is 429 g/mol. The van der Waals surface area contributed by atoms with Crippen LogP contribution in [0.2, 0.25) is 0 Å². The summed E-state index contributed by atoms with van der Waals surface area (Å²) >= 11 is 0. The zero-order valence-electron chi connectivity index (χ0n) is 20.8. The van der Waals surface area contributed by atoms with Gasteiger partial charge in [-0.15, -0.1) is 0 Å². The van der Waals surface area contributed by atoms with Crippen molar-refractivity contribution in [2.75, 3.05) is 6.54 Å². The maximum absolute atomic E-state index is 12.7. The van der Waals surface area contributed by atoms with Crippen LogP contribution in [0.5, 0.6) is 0 Å². The monoisotopic (exact) mass is 465 g/mol. The van der Waals surface area contributed by atoms with Gasteiger partial charge in [-0.2, -0.15) is 0 Å². The Bertz CT molecular complexity index is 849. The number of benzene rings is 1. The predicted octanol–water partition coefficient (Wildman–Crippen LogP) is 0.813. The molecule has 1 heterocycles. The summed E-state index contributed by atoms with van der Waals surface area (Å²) in [5, 5.41) is 11.6. The quantitative estimate of drug-likeness (QED) is 0.342. The Balaban J connectivity index is 0.00000544. The van der Waals surface area contributed by atoms with E-state index in [2.05, 4.69) is 11.9 Å². The molecule has 1 atom stereocenters. The number of aromatic nitrogens is 2. The van der Waals surface area contributed by atoms with Crippen molar-refractivity contribution in [3.63, 3.8) is 0 Å². The van der Waals surface area contributed by atoms with E-state index in [4.69, 9.17) is 4.74 Å². The number of rotatable bonds is 12. The average Bonchev–Trinajstić information content (AvgIpc) is 3.16. The number of imidazole rings is 1. The molecule has 2 aromatic rings. The Morgan fingerprint density at radius 3 is 2.48 bits per heavy atom. The molecule has 0 saturated heterocycles. The number of carbonyl (C=O) groups excluding carboxylic acids is 2. The molecule has 0 spiro atoms. The average molecular weight is 466 g/mol. The number of carboxylic acid groups (broad SMARTS) is 1. The van der Waals surface area contributed by atoms with E-state index in [0.717, 1.165) is 24.2 Å². The summed E-state index contributed by atoms with van der Waals surface area (Å²) in [6, 6.07) is 9.76. The van der Waals surface area contributed by atoms with Gasteiger partial charge in [0, 0.05) is 37.7 Å². The Kier molecular flexibility index (Phi) is 12.8. The third-order valence-electron chi connectivity index (χ3n) is 5.06. The smallest absolute Gasteiger partial charge is 0.550 e. The summed E-state index contributed by atoms with van der Waals surface area (Å²) in [7, 11) is 0. The first-order valence-corrected chi connectivity index (χ1v) is 11.4. The van der Waals surface area contributed by atoms with Crippen LogP contribution in [0.15, 0.2) is 42.9 Å². The maximum atomic E-state index is 12.7. The second-order valence-electron chi connectivity index (χ2n) is 9.21. The number of ether oxygens (including phenoxy) is 1. The summed E-state index contributed by atoms with van der Waals surface area (Å²) in [5.74, 6) is -1.65. The van der Waals surface area contributed by atoms with Crippen LogP contribution in [-0.2, 0) is 29.0 Å². The molecule has 1 aromatic carbocycles. The van der Waals surface area contributed by atoms with E-state index in [9.17, 15) is 14.7 Å². The van der Waals surface area contributed by atoms with Crippen molar-refractivity contribution >= 4 is 12.1 Å². The number of nitrogens with zero attached hydrogens (tertiary/aromatic N) is 3. The first-order chi connectivity index (χ1) is 15.2. The normalized spacial score (nSPS) is 12.0. The molecule has 0 aliphatic carbocycles. The Labute approximate surface area is 219 Å². The molecule has 1 unspecified atom stereocenters. The third-order valence-corrected chi connectivity index (χ3v) is 5.06. The van der Waals surface area contributed by atoms with Crippen LogP contribution >= 0.6 is 0 Å². The van der Waals surface area contributed by atoms with Gasteiger partial charge < -0.3 is 24.1 Å². The van der Waals surface area contributed by atoms with E-state index < -0.39 is 17.5 Å². The second-order valence-corrected chi connectivity index (χ2v) is 9.21. The van der Waals surface area contributed by atoms with Gasteiger partial charge in [0.25, 0.3) is 0 Å². The fourth-order valence-electron chi connectivity index (χ4n) is 3.51. The number of carbonyl (C=O) groups is 2. The molecule has 2 rings (SSSR count). The number of hydrogen-bond donors (Lipinski definition) is 0. The van der Waals surface area contributed by atoms with Gasteiger partial charge >= 0.3 is 35.7 Å². The molecule has 176 valence electrons. The second kappa shape index (κ2) is 14.4. The van der Waals surface area contributed by atoms with Crippen LogP contribution in [0.1, 0.15) is 64.6 Å². The Morgan fingerprint density at radius 1 is 1.18 bits per heavy atom. The number of aliphatic carboxylic acids is 1. The summed E-state index contributed by atoms with van der Waals surface area (Å²) < 4.78 is 7.54. The van der Waals surface area contributed by atoms with E-state index in [0.29, 0.717) is 38.8 Å². The molecule has 0 aliphatic heterocycles.